The number of aryl methyl sites for hydroxylation is 2. The second-order valence-electron chi connectivity index (χ2n) is 6.54. The van der Waals surface area contributed by atoms with E-state index in [4.69, 9.17) is 9.05 Å². The Labute approximate surface area is 150 Å². The smallest absolute Gasteiger partial charge is 0.292 e. The summed E-state index contributed by atoms with van der Waals surface area (Å²) in [5.74, 6) is 1.22. The van der Waals surface area contributed by atoms with Crippen LogP contribution in [0.3, 0.4) is 0 Å². The minimum absolute atomic E-state index is 0.116. The largest absolute Gasteiger partial charge is 0.361 e. The summed E-state index contributed by atoms with van der Waals surface area (Å²) in [5, 5.41) is 7.62. The third kappa shape index (κ3) is 2.98. The van der Waals surface area contributed by atoms with E-state index in [1.54, 1.807) is 23.4 Å². The van der Waals surface area contributed by atoms with E-state index < -0.39 is 0 Å². The molecule has 26 heavy (non-hydrogen) atoms. The van der Waals surface area contributed by atoms with Gasteiger partial charge in [-0.25, -0.2) is 0 Å². The van der Waals surface area contributed by atoms with Gasteiger partial charge in [-0.2, -0.15) is 0 Å². The number of carbonyl (C=O) groups is 1. The predicted molar refractivity (Wildman–Crippen MR) is 91.2 cm³/mol. The molecule has 8 heteroatoms. The first kappa shape index (κ1) is 16.4. The molecule has 1 aliphatic heterocycles. The molecule has 1 saturated heterocycles. The molecule has 0 aliphatic carbocycles. The van der Waals surface area contributed by atoms with Gasteiger partial charge in [0.05, 0.1) is 28.8 Å². The van der Waals surface area contributed by atoms with Crippen LogP contribution >= 0.6 is 0 Å². The molecule has 0 saturated carbocycles. The zero-order chi connectivity index (χ0) is 18.1. The molecule has 4 rings (SSSR count). The van der Waals surface area contributed by atoms with Crippen LogP contribution in [0.25, 0.3) is 11.3 Å². The van der Waals surface area contributed by atoms with E-state index in [1.165, 1.54) is 6.20 Å². The van der Waals surface area contributed by atoms with Gasteiger partial charge in [0.1, 0.15) is 5.76 Å². The maximum absolute atomic E-state index is 12.4. The number of likely N-dealkylation sites (tertiary alicyclic amines) is 1. The first-order valence-electron chi connectivity index (χ1n) is 8.56. The summed E-state index contributed by atoms with van der Waals surface area (Å²) in [6, 6.07) is 1.59. The number of hydrogen-bond acceptors (Lipinski definition) is 7. The van der Waals surface area contributed by atoms with Crippen molar-refractivity contribution < 1.29 is 13.8 Å². The highest BCUT2D eigenvalue weighted by molar-refractivity contribution is 5.91. The Hall–Kier alpha value is -3.03. The lowest BCUT2D eigenvalue weighted by Crippen LogP contribution is -2.28. The highest BCUT2D eigenvalue weighted by Gasteiger charge is 2.30. The summed E-state index contributed by atoms with van der Waals surface area (Å²) in [4.78, 5) is 23.2. The van der Waals surface area contributed by atoms with Gasteiger partial charge in [-0.05, 0) is 32.6 Å². The molecular formula is C18H19N5O3. The lowest BCUT2D eigenvalue weighted by Gasteiger charge is -2.15. The van der Waals surface area contributed by atoms with Crippen molar-refractivity contribution in [1.82, 2.24) is 25.2 Å². The number of aromatic nitrogens is 4. The summed E-state index contributed by atoms with van der Waals surface area (Å²) in [6.07, 6.45) is 6.52. The van der Waals surface area contributed by atoms with Gasteiger partial charge in [-0.15, -0.1) is 0 Å². The minimum Gasteiger partial charge on any atom is -0.361 e. The molecule has 4 heterocycles. The summed E-state index contributed by atoms with van der Waals surface area (Å²) in [6.45, 7) is 5.14. The molecule has 0 aromatic carbocycles. The quantitative estimate of drug-likeness (QED) is 0.710. The average Bonchev–Trinajstić information content (AvgIpc) is 3.38. The number of carbonyl (C=O) groups excluding carboxylic acids is 1. The Morgan fingerprint density at radius 1 is 1.23 bits per heavy atom. The molecule has 1 amide bonds. The lowest BCUT2D eigenvalue weighted by molar-refractivity contribution is 0.0745. The van der Waals surface area contributed by atoms with Gasteiger partial charge in [-0.1, -0.05) is 10.3 Å². The Bertz CT molecular complexity index is 899. The summed E-state index contributed by atoms with van der Waals surface area (Å²) in [5.41, 5.74) is 3.42. The van der Waals surface area contributed by atoms with Crippen molar-refractivity contribution in [2.24, 2.45) is 5.92 Å². The minimum atomic E-state index is -0.116. The van der Waals surface area contributed by atoms with Crippen LogP contribution in [-0.2, 0) is 6.42 Å². The average molecular weight is 353 g/mol. The standard InChI is InChI=1S/C18H19N5O3/c1-11-16(12(2)25-22-11)17-14(19-6-7-20-17)9-13-4-8-23(10-13)18(24)15-3-5-21-26-15/h3,5-7,13H,4,8-10H2,1-2H3/t13-/m0/s1. The fourth-order valence-electron chi connectivity index (χ4n) is 3.49. The van der Waals surface area contributed by atoms with Gasteiger partial charge >= 0.3 is 0 Å². The molecule has 0 unspecified atom stereocenters. The van der Waals surface area contributed by atoms with Gasteiger partial charge in [0, 0.05) is 31.5 Å². The van der Waals surface area contributed by atoms with Crippen molar-refractivity contribution in [3.8, 4) is 11.3 Å². The molecule has 1 fully saturated rings. The van der Waals surface area contributed by atoms with Crippen molar-refractivity contribution in [2.45, 2.75) is 26.7 Å². The Kier molecular flexibility index (Phi) is 4.24. The van der Waals surface area contributed by atoms with Gasteiger partial charge in [0.25, 0.3) is 5.91 Å². The first-order valence-corrected chi connectivity index (χ1v) is 8.56. The zero-order valence-corrected chi connectivity index (χ0v) is 14.7. The SMILES string of the molecule is Cc1noc(C)c1-c1nccnc1C[C@@H]1CCN(C(=O)c2ccno2)C1. The van der Waals surface area contributed by atoms with Crippen LogP contribution in [0.4, 0.5) is 0 Å². The van der Waals surface area contributed by atoms with Crippen LogP contribution in [0.15, 0.2) is 33.7 Å². The Balaban J connectivity index is 1.52. The highest BCUT2D eigenvalue weighted by atomic mass is 16.5. The summed E-state index contributed by atoms with van der Waals surface area (Å²) < 4.78 is 10.3. The van der Waals surface area contributed by atoms with Crippen molar-refractivity contribution >= 4 is 5.91 Å². The van der Waals surface area contributed by atoms with Crippen LogP contribution < -0.4 is 0 Å². The molecule has 0 radical (unpaired) electrons. The fraction of sp³-hybridized carbons (Fsp3) is 0.389. The van der Waals surface area contributed by atoms with E-state index in [1.807, 2.05) is 13.8 Å². The van der Waals surface area contributed by atoms with E-state index in [-0.39, 0.29) is 11.7 Å². The molecule has 1 aliphatic rings. The Morgan fingerprint density at radius 3 is 2.81 bits per heavy atom. The number of hydrogen-bond donors (Lipinski definition) is 0. The Morgan fingerprint density at radius 2 is 2.08 bits per heavy atom. The third-order valence-electron chi connectivity index (χ3n) is 4.75. The monoisotopic (exact) mass is 353 g/mol. The van der Waals surface area contributed by atoms with Crippen LogP contribution in [-0.4, -0.2) is 44.2 Å². The van der Waals surface area contributed by atoms with Gasteiger partial charge in [0.2, 0.25) is 5.76 Å². The molecule has 0 N–H and O–H groups in total. The van der Waals surface area contributed by atoms with Crippen LogP contribution in [0.1, 0.15) is 34.1 Å². The number of rotatable bonds is 4. The molecular weight excluding hydrogens is 334 g/mol. The van der Waals surface area contributed by atoms with Crippen molar-refractivity contribution in [3.63, 3.8) is 0 Å². The van der Waals surface area contributed by atoms with Crippen molar-refractivity contribution in [1.29, 1.82) is 0 Å². The molecule has 134 valence electrons. The maximum Gasteiger partial charge on any atom is 0.292 e. The second kappa shape index (κ2) is 6.70. The van der Waals surface area contributed by atoms with Crippen molar-refractivity contribution in [2.75, 3.05) is 13.1 Å². The molecule has 1 atom stereocenters. The number of amides is 1. The summed E-state index contributed by atoms with van der Waals surface area (Å²) >= 11 is 0. The highest BCUT2D eigenvalue weighted by Crippen LogP contribution is 2.30. The number of nitrogens with zero attached hydrogens (tertiary/aromatic N) is 5. The lowest BCUT2D eigenvalue weighted by atomic mass is 9.98. The van der Waals surface area contributed by atoms with E-state index in [0.717, 1.165) is 41.2 Å². The van der Waals surface area contributed by atoms with E-state index in [2.05, 4.69) is 20.3 Å². The van der Waals surface area contributed by atoms with Crippen LogP contribution in [0.2, 0.25) is 0 Å². The van der Waals surface area contributed by atoms with Crippen molar-refractivity contribution in [3.05, 3.63) is 47.6 Å². The van der Waals surface area contributed by atoms with E-state index >= 15 is 0 Å². The maximum atomic E-state index is 12.4. The second-order valence-corrected chi connectivity index (χ2v) is 6.54. The van der Waals surface area contributed by atoms with Gasteiger partial charge < -0.3 is 13.9 Å². The predicted octanol–water partition coefficient (Wildman–Crippen LogP) is 2.44. The van der Waals surface area contributed by atoms with Crippen LogP contribution in [0.5, 0.6) is 0 Å². The normalized spacial score (nSPS) is 17.0. The molecule has 3 aromatic heterocycles. The van der Waals surface area contributed by atoms with E-state index in [9.17, 15) is 4.79 Å². The van der Waals surface area contributed by atoms with Gasteiger partial charge in [0.15, 0.2) is 0 Å². The summed E-state index contributed by atoms with van der Waals surface area (Å²) in [7, 11) is 0. The fourth-order valence-corrected chi connectivity index (χ4v) is 3.49. The first-order chi connectivity index (χ1) is 12.6. The molecule has 0 bridgehead atoms. The topological polar surface area (TPSA) is 98.2 Å². The van der Waals surface area contributed by atoms with E-state index in [0.29, 0.717) is 19.0 Å². The van der Waals surface area contributed by atoms with Crippen LogP contribution in [0, 0.1) is 19.8 Å². The molecule has 3 aromatic rings. The third-order valence-corrected chi connectivity index (χ3v) is 4.75. The molecule has 0 spiro atoms. The van der Waals surface area contributed by atoms with Gasteiger partial charge in [-0.3, -0.25) is 14.8 Å². The zero-order valence-electron chi connectivity index (χ0n) is 14.7. The molecule has 8 nitrogen and oxygen atoms in total.